The van der Waals surface area contributed by atoms with Crippen molar-refractivity contribution in [3.05, 3.63) is 47.1 Å². The Morgan fingerprint density at radius 2 is 1.64 bits per heavy atom. The van der Waals surface area contributed by atoms with Gasteiger partial charge in [-0.1, -0.05) is 12.1 Å². The zero-order chi connectivity index (χ0) is 21.3. The highest BCUT2D eigenvalue weighted by molar-refractivity contribution is 7.87. The number of aliphatic carboxylic acids is 1. The first-order valence-corrected chi connectivity index (χ1v) is 8.47. The zero-order valence-corrected chi connectivity index (χ0v) is 14.9. The minimum Gasteiger partial charge on any atom is -0.497 e. The minimum atomic E-state index is -6.23. The topological polar surface area (TPSA) is 125 Å². The smallest absolute Gasteiger partial charge is 0.497 e. The lowest BCUT2D eigenvalue weighted by molar-refractivity contribution is -0.135. The van der Waals surface area contributed by atoms with Crippen molar-refractivity contribution in [1.82, 2.24) is 0 Å². The first kappa shape index (κ1) is 21.1. The van der Waals surface area contributed by atoms with Crippen LogP contribution in [0.2, 0.25) is 0 Å². The van der Waals surface area contributed by atoms with Gasteiger partial charge in [0, 0.05) is 0 Å². The highest BCUT2D eigenvalue weighted by Gasteiger charge is 2.52. The van der Waals surface area contributed by atoms with Gasteiger partial charge in [-0.15, -0.1) is 0 Å². The monoisotopic (exact) mass is 424 g/mol. The van der Waals surface area contributed by atoms with E-state index in [1.165, 1.54) is 31.4 Å². The number of cyclic esters (lactones) is 1. The third-order valence-electron chi connectivity index (χ3n) is 3.29. The summed E-state index contributed by atoms with van der Waals surface area (Å²) in [5.41, 5.74) is -6.56. The van der Waals surface area contributed by atoms with E-state index in [-0.39, 0.29) is 5.56 Å². The minimum absolute atomic E-state index is 0.0365. The molecule has 2 rings (SSSR count). The van der Waals surface area contributed by atoms with Gasteiger partial charge in [0.15, 0.2) is 5.76 Å². The number of esters is 1. The SMILES string of the molecule is COC1=C(OS(=O)(=O)C(F)(F)F)C(=O)O/C1=C(/C(=O)O)c1ccc(OC)cc1. The molecular formula is C15H11F3O9S. The van der Waals surface area contributed by atoms with Crippen LogP contribution in [0.15, 0.2) is 41.5 Å². The maximum absolute atomic E-state index is 12.5. The second kappa shape index (κ2) is 7.42. The van der Waals surface area contributed by atoms with Gasteiger partial charge in [0.05, 0.1) is 14.2 Å². The summed E-state index contributed by atoms with van der Waals surface area (Å²) in [4.78, 5) is 23.5. The molecule has 1 aliphatic heterocycles. The van der Waals surface area contributed by atoms with Gasteiger partial charge in [-0.05, 0) is 17.7 Å². The molecule has 1 aromatic carbocycles. The van der Waals surface area contributed by atoms with Gasteiger partial charge in [0.2, 0.25) is 5.76 Å². The Bertz CT molecular complexity index is 973. The van der Waals surface area contributed by atoms with Gasteiger partial charge in [-0.25, -0.2) is 9.59 Å². The molecule has 0 aromatic heterocycles. The molecule has 152 valence electrons. The van der Waals surface area contributed by atoms with Gasteiger partial charge in [0.25, 0.3) is 5.76 Å². The molecule has 0 saturated carbocycles. The van der Waals surface area contributed by atoms with Crippen LogP contribution in [0.25, 0.3) is 5.57 Å². The summed E-state index contributed by atoms with van der Waals surface area (Å²) in [6.07, 6.45) is 0. The van der Waals surface area contributed by atoms with E-state index in [9.17, 15) is 36.3 Å². The summed E-state index contributed by atoms with van der Waals surface area (Å²) in [7, 11) is -4.01. The lowest BCUT2D eigenvalue weighted by atomic mass is 10.0. The largest absolute Gasteiger partial charge is 0.534 e. The van der Waals surface area contributed by atoms with Crippen LogP contribution in [0.3, 0.4) is 0 Å². The number of hydrogen-bond donors (Lipinski definition) is 1. The lowest BCUT2D eigenvalue weighted by Crippen LogP contribution is -2.26. The highest BCUT2D eigenvalue weighted by Crippen LogP contribution is 2.37. The van der Waals surface area contributed by atoms with Crippen LogP contribution in [0.4, 0.5) is 13.2 Å². The van der Waals surface area contributed by atoms with Gasteiger partial charge in [-0.3, -0.25) is 0 Å². The van der Waals surface area contributed by atoms with E-state index in [4.69, 9.17) is 9.47 Å². The number of ether oxygens (including phenoxy) is 3. The Morgan fingerprint density at radius 1 is 1.07 bits per heavy atom. The maximum Gasteiger partial charge on any atom is 0.534 e. The lowest BCUT2D eigenvalue weighted by Gasteiger charge is -2.10. The molecule has 1 aliphatic rings. The van der Waals surface area contributed by atoms with Gasteiger partial charge >= 0.3 is 27.6 Å². The van der Waals surface area contributed by atoms with Crippen LogP contribution in [0, 0.1) is 0 Å². The fraction of sp³-hybridized carbons (Fsp3) is 0.200. The Hall–Kier alpha value is -3.22. The van der Waals surface area contributed by atoms with Crippen molar-refractivity contribution in [1.29, 1.82) is 0 Å². The van der Waals surface area contributed by atoms with Crippen molar-refractivity contribution in [3.8, 4) is 5.75 Å². The number of halogens is 3. The Kier molecular flexibility index (Phi) is 5.59. The molecule has 0 spiro atoms. The van der Waals surface area contributed by atoms with Crippen molar-refractivity contribution >= 4 is 27.6 Å². The molecule has 0 saturated heterocycles. The van der Waals surface area contributed by atoms with Gasteiger partial charge < -0.3 is 23.5 Å². The standard InChI is InChI=1S/C15H11F3O9S/c1-24-8-5-3-7(4-6-8)9(13(19)20)10-11(25-2)12(14(21)26-10)27-28(22,23)15(16,17)18/h3-6H,1-2H3,(H,19,20)/b10-9+. The van der Waals surface area contributed by atoms with E-state index >= 15 is 0 Å². The summed E-state index contributed by atoms with van der Waals surface area (Å²) >= 11 is 0. The van der Waals surface area contributed by atoms with E-state index in [1.807, 2.05) is 0 Å². The molecule has 1 N–H and O–H groups in total. The van der Waals surface area contributed by atoms with Gasteiger partial charge in [0.1, 0.15) is 11.3 Å². The van der Waals surface area contributed by atoms with E-state index in [0.717, 1.165) is 7.11 Å². The average molecular weight is 424 g/mol. The quantitative estimate of drug-likeness (QED) is 0.315. The van der Waals surface area contributed by atoms with Crippen LogP contribution in [0.1, 0.15) is 5.56 Å². The summed E-state index contributed by atoms with van der Waals surface area (Å²) in [6.45, 7) is 0. The molecule has 0 atom stereocenters. The molecule has 9 nitrogen and oxygen atoms in total. The first-order chi connectivity index (χ1) is 12.9. The normalized spacial score (nSPS) is 16.5. The second-order valence-corrected chi connectivity index (χ2v) is 6.51. The summed E-state index contributed by atoms with van der Waals surface area (Å²) in [6, 6.07) is 5.28. The maximum atomic E-state index is 12.5. The summed E-state index contributed by atoms with van der Waals surface area (Å²) < 4.78 is 78.0. The van der Waals surface area contributed by atoms with Crippen LogP contribution >= 0.6 is 0 Å². The number of carbonyl (C=O) groups excluding carboxylic acids is 1. The average Bonchev–Trinajstić information content (AvgIpc) is 2.89. The molecule has 28 heavy (non-hydrogen) atoms. The van der Waals surface area contributed by atoms with Crippen LogP contribution in [0.5, 0.6) is 5.75 Å². The van der Waals surface area contributed by atoms with Crippen molar-refractivity contribution in [2.24, 2.45) is 0 Å². The van der Waals surface area contributed by atoms with Crippen LogP contribution in [-0.2, 0) is 33.4 Å². The van der Waals surface area contributed by atoms with E-state index in [0.29, 0.717) is 5.75 Å². The van der Waals surface area contributed by atoms with E-state index < -0.39 is 50.4 Å². The summed E-state index contributed by atoms with van der Waals surface area (Å²) in [5.74, 6) is -6.15. The number of methoxy groups -OCH3 is 2. The van der Waals surface area contributed by atoms with Crippen molar-refractivity contribution < 1.29 is 54.7 Å². The Balaban J connectivity index is 2.65. The number of rotatable bonds is 6. The second-order valence-electron chi connectivity index (χ2n) is 4.97. The Labute approximate surface area is 155 Å². The molecule has 13 heteroatoms. The molecule has 1 aromatic rings. The third kappa shape index (κ3) is 3.88. The number of carboxylic acid groups (broad SMARTS) is 1. The Morgan fingerprint density at radius 3 is 2.07 bits per heavy atom. The van der Waals surface area contributed by atoms with E-state index in [2.05, 4.69) is 8.92 Å². The van der Waals surface area contributed by atoms with Crippen molar-refractivity contribution in [3.63, 3.8) is 0 Å². The molecular weight excluding hydrogens is 413 g/mol. The number of alkyl halides is 3. The fourth-order valence-electron chi connectivity index (χ4n) is 2.07. The summed E-state index contributed by atoms with van der Waals surface area (Å²) in [5, 5.41) is 9.46. The third-order valence-corrected chi connectivity index (χ3v) is 4.25. The molecule has 0 unspecified atom stereocenters. The number of benzene rings is 1. The number of carbonyl (C=O) groups is 2. The van der Waals surface area contributed by atoms with Gasteiger partial charge in [-0.2, -0.15) is 21.6 Å². The van der Waals surface area contributed by atoms with Crippen molar-refractivity contribution in [2.45, 2.75) is 5.51 Å². The zero-order valence-electron chi connectivity index (χ0n) is 14.1. The first-order valence-electron chi connectivity index (χ1n) is 7.06. The number of hydrogen-bond acceptors (Lipinski definition) is 8. The molecule has 0 bridgehead atoms. The predicted octanol–water partition coefficient (Wildman–Crippen LogP) is 1.77. The molecule has 0 amide bonds. The molecule has 1 heterocycles. The predicted molar refractivity (Wildman–Crippen MR) is 83.7 cm³/mol. The molecule has 0 aliphatic carbocycles. The molecule has 0 radical (unpaired) electrons. The fourth-order valence-corrected chi connectivity index (χ4v) is 2.53. The number of carboxylic acids is 1. The molecule has 0 fully saturated rings. The van der Waals surface area contributed by atoms with Crippen molar-refractivity contribution in [2.75, 3.05) is 14.2 Å². The highest BCUT2D eigenvalue weighted by atomic mass is 32.2. The van der Waals surface area contributed by atoms with Crippen LogP contribution < -0.4 is 4.74 Å². The van der Waals surface area contributed by atoms with Crippen LogP contribution in [-0.4, -0.2) is 45.2 Å². The van der Waals surface area contributed by atoms with E-state index in [1.54, 1.807) is 0 Å².